The minimum atomic E-state index is 0.747. The molecule has 0 atom stereocenters. The molecule has 1 saturated carbocycles. The standard InChI is InChI=1S/C24H30N4/c1-27(16-19-7-6-14-25-15-19)17-23-18-28(2)26-24(23)22-12-10-21(11-13-22)20-8-4-3-5-9-20/h6-7,10-15,18,20H,3-5,8-9,16-17H2,1-2H3. The molecule has 3 aromatic rings. The van der Waals surface area contributed by atoms with Crippen molar-refractivity contribution in [2.24, 2.45) is 7.05 Å². The third-order valence-corrected chi connectivity index (χ3v) is 5.78. The van der Waals surface area contributed by atoms with Gasteiger partial charge in [0.05, 0.1) is 5.69 Å². The fourth-order valence-electron chi connectivity index (χ4n) is 4.40. The smallest absolute Gasteiger partial charge is 0.0968 e. The maximum atomic E-state index is 4.76. The lowest BCUT2D eigenvalue weighted by Crippen LogP contribution is -2.17. The molecule has 0 spiro atoms. The van der Waals surface area contributed by atoms with Crippen molar-refractivity contribution >= 4 is 0 Å². The Hall–Kier alpha value is -2.46. The maximum Gasteiger partial charge on any atom is 0.0968 e. The minimum Gasteiger partial charge on any atom is -0.298 e. The van der Waals surface area contributed by atoms with Crippen LogP contribution in [0.5, 0.6) is 0 Å². The molecule has 0 radical (unpaired) electrons. The Bertz CT molecular complexity index is 877. The third kappa shape index (κ3) is 4.50. The van der Waals surface area contributed by atoms with Gasteiger partial charge in [0.1, 0.15) is 0 Å². The summed E-state index contributed by atoms with van der Waals surface area (Å²) in [5.74, 6) is 0.747. The second-order valence-corrected chi connectivity index (χ2v) is 8.17. The van der Waals surface area contributed by atoms with Crippen LogP contribution in [0, 0.1) is 0 Å². The summed E-state index contributed by atoms with van der Waals surface area (Å²) in [5, 5.41) is 4.76. The first-order chi connectivity index (χ1) is 13.7. The van der Waals surface area contributed by atoms with Crippen LogP contribution in [0.1, 0.15) is 54.7 Å². The zero-order chi connectivity index (χ0) is 19.3. The molecule has 0 amide bonds. The SMILES string of the molecule is CN(Cc1cccnc1)Cc1cn(C)nc1-c1ccc(C2CCCCC2)cc1. The van der Waals surface area contributed by atoms with Gasteiger partial charge in [0.2, 0.25) is 0 Å². The largest absolute Gasteiger partial charge is 0.298 e. The van der Waals surface area contributed by atoms with E-state index in [9.17, 15) is 0 Å². The van der Waals surface area contributed by atoms with Crippen molar-refractivity contribution in [2.75, 3.05) is 7.05 Å². The van der Waals surface area contributed by atoms with Gasteiger partial charge in [0, 0.05) is 49.9 Å². The molecule has 146 valence electrons. The molecule has 4 heteroatoms. The van der Waals surface area contributed by atoms with Gasteiger partial charge in [-0.2, -0.15) is 5.10 Å². The molecule has 1 aromatic carbocycles. The van der Waals surface area contributed by atoms with Crippen molar-refractivity contribution in [1.82, 2.24) is 19.7 Å². The van der Waals surface area contributed by atoms with Gasteiger partial charge in [-0.3, -0.25) is 14.6 Å². The molecule has 0 unspecified atom stereocenters. The van der Waals surface area contributed by atoms with Crippen LogP contribution in [0.4, 0.5) is 0 Å². The fourth-order valence-corrected chi connectivity index (χ4v) is 4.40. The number of benzene rings is 1. The zero-order valence-corrected chi connectivity index (χ0v) is 17.0. The van der Waals surface area contributed by atoms with Crippen LogP contribution in [0.2, 0.25) is 0 Å². The molecule has 1 aliphatic carbocycles. The average molecular weight is 375 g/mol. The van der Waals surface area contributed by atoms with Crippen LogP contribution in [0.3, 0.4) is 0 Å². The van der Waals surface area contributed by atoms with E-state index in [4.69, 9.17) is 5.10 Å². The third-order valence-electron chi connectivity index (χ3n) is 5.78. The summed E-state index contributed by atoms with van der Waals surface area (Å²) < 4.78 is 1.93. The lowest BCUT2D eigenvalue weighted by molar-refractivity contribution is 0.319. The predicted octanol–water partition coefficient (Wildman–Crippen LogP) is 5.16. The first-order valence-corrected chi connectivity index (χ1v) is 10.4. The van der Waals surface area contributed by atoms with Crippen molar-refractivity contribution in [1.29, 1.82) is 0 Å². The van der Waals surface area contributed by atoms with Crippen LogP contribution in [0.15, 0.2) is 55.0 Å². The molecule has 0 aliphatic heterocycles. The highest BCUT2D eigenvalue weighted by molar-refractivity contribution is 5.63. The van der Waals surface area contributed by atoms with E-state index < -0.39 is 0 Å². The van der Waals surface area contributed by atoms with Crippen molar-refractivity contribution in [3.63, 3.8) is 0 Å². The predicted molar refractivity (Wildman–Crippen MR) is 114 cm³/mol. The fraction of sp³-hybridized carbons (Fsp3) is 0.417. The number of hydrogen-bond acceptors (Lipinski definition) is 3. The first-order valence-electron chi connectivity index (χ1n) is 10.4. The molecule has 0 bridgehead atoms. The van der Waals surface area contributed by atoms with E-state index in [2.05, 4.69) is 53.5 Å². The Balaban J connectivity index is 1.49. The summed E-state index contributed by atoms with van der Waals surface area (Å²) in [6.07, 6.45) is 12.7. The number of rotatable bonds is 6. The highest BCUT2D eigenvalue weighted by Crippen LogP contribution is 2.34. The number of aryl methyl sites for hydroxylation is 1. The molecule has 2 heterocycles. The monoisotopic (exact) mass is 374 g/mol. The van der Waals surface area contributed by atoms with Crippen LogP contribution in [-0.2, 0) is 20.1 Å². The lowest BCUT2D eigenvalue weighted by Gasteiger charge is -2.22. The van der Waals surface area contributed by atoms with Gasteiger partial charge in [0.25, 0.3) is 0 Å². The highest BCUT2D eigenvalue weighted by atomic mass is 15.3. The van der Waals surface area contributed by atoms with Gasteiger partial charge < -0.3 is 0 Å². The normalized spacial score (nSPS) is 15.2. The summed E-state index contributed by atoms with van der Waals surface area (Å²) in [6.45, 7) is 1.74. The van der Waals surface area contributed by atoms with Gasteiger partial charge in [0.15, 0.2) is 0 Å². The molecular formula is C24H30N4. The van der Waals surface area contributed by atoms with Gasteiger partial charge in [-0.15, -0.1) is 0 Å². The molecule has 1 aliphatic rings. The Morgan fingerprint density at radius 2 is 1.82 bits per heavy atom. The molecule has 28 heavy (non-hydrogen) atoms. The van der Waals surface area contributed by atoms with Crippen molar-refractivity contribution < 1.29 is 0 Å². The molecular weight excluding hydrogens is 344 g/mol. The lowest BCUT2D eigenvalue weighted by atomic mass is 9.84. The van der Waals surface area contributed by atoms with E-state index in [0.29, 0.717) is 0 Å². The van der Waals surface area contributed by atoms with Crippen LogP contribution >= 0.6 is 0 Å². The second kappa shape index (κ2) is 8.70. The summed E-state index contributed by atoms with van der Waals surface area (Å²) in [7, 11) is 4.15. The van der Waals surface area contributed by atoms with Crippen molar-refractivity contribution in [3.8, 4) is 11.3 Å². The molecule has 4 rings (SSSR count). The minimum absolute atomic E-state index is 0.747. The van der Waals surface area contributed by atoms with Gasteiger partial charge in [-0.1, -0.05) is 49.6 Å². The Labute approximate surface area is 168 Å². The van der Waals surface area contributed by atoms with Crippen LogP contribution in [-0.4, -0.2) is 26.7 Å². The summed E-state index contributed by atoms with van der Waals surface area (Å²) in [4.78, 5) is 6.53. The van der Waals surface area contributed by atoms with E-state index in [-0.39, 0.29) is 0 Å². The second-order valence-electron chi connectivity index (χ2n) is 8.17. The molecule has 1 fully saturated rings. The quantitative estimate of drug-likeness (QED) is 0.597. The Kier molecular flexibility index (Phi) is 5.87. The summed E-state index contributed by atoms with van der Waals surface area (Å²) >= 11 is 0. The maximum absolute atomic E-state index is 4.76. The Morgan fingerprint density at radius 3 is 2.54 bits per heavy atom. The molecule has 2 aromatic heterocycles. The van der Waals surface area contributed by atoms with Crippen LogP contribution < -0.4 is 0 Å². The molecule has 4 nitrogen and oxygen atoms in total. The topological polar surface area (TPSA) is 34.0 Å². The van der Waals surface area contributed by atoms with Crippen molar-refractivity contribution in [3.05, 3.63) is 71.7 Å². The van der Waals surface area contributed by atoms with Gasteiger partial charge in [-0.25, -0.2) is 0 Å². The van der Waals surface area contributed by atoms with Gasteiger partial charge >= 0.3 is 0 Å². The summed E-state index contributed by atoms with van der Waals surface area (Å²) in [6, 6.07) is 13.3. The summed E-state index contributed by atoms with van der Waals surface area (Å²) in [5.41, 5.74) is 6.29. The van der Waals surface area contributed by atoms with E-state index in [1.807, 2.05) is 30.2 Å². The number of pyridine rings is 1. The zero-order valence-electron chi connectivity index (χ0n) is 17.0. The number of aromatic nitrogens is 3. The number of nitrogens with zero attached hydrogens (tertiary/aromatic N) is 4. The Morgan fingerprint density at radius 1 is 1.04 bits per heavy atom. The average Bonchev–Trinajstić information content (AvgIpc) is 3.09. The number of hydrogen-bond donors (Lipinski definition) is 0. The van der Waals surface area contributed by atoms with Gasteiger partial charge in [-0.05, 0) is 43.0 Å². The van der Waals surface area contributed by atoms with E-state index in [0.717, 1.165) is 24.7 Å². The first kappa shape index (κ1) is 18.9. The molecule has 0 N–H and O–H groups in total. The van der Waals surface area contributed by atoms with Crippen LogP contribution in [0.25, 0.3) is 11.3 Å². The van der Waals surface area contributed by atoms with E-state index in [1.54, 1.807) is 0 Å². The highest BCUT2D eigenvalue weighted by Gasteiger charge is 2.17. The van der Waals surface area contributed by atoms with E-state index >= 15 is 0 Å². The van der Waals surface area contributed by atoms with E-state index in [1.165, 1.54) is 54.4 Å². The molecule has 0 saturated heterocycles. The van der Waals surface area contributed by atoms with Crippen molar-refractivity contribution in [2.45, 2.75) is 51.1 Å².